The molecular formula is C15H22I2N2OY. The molecule has 21 heavy (non-hydrogen) atoms. The normalized spacial score (nSPS) is 10.9. The van der Waals surface area contributed by atoms with Crippen molar-refractivity contribution in [1.82, 2.24) is 9.38 Å². The van der Waals surface area contributed by atoms with Crippen molar-refractivity contribution in [3.63, 3.8) is 0 Å². The van der Waals surface area contributed by atoms with Crippen molar-refractivity contribution >= 4 is 48.7 Å². The van der Waals surface area contributed by atoms with Gasteiger partial charge >= 0.3 is 0 Å². The van der Waals surface area contributed by atoms with Crippen molar-refractivity contribution in [2.24, 2.45) is 0 Å². The minimum Gasteiger partial charge on any atom is -0.293 e. The van der Waals surface area contributed by atoms with Gasteiger partial charge in [0.25, 0.3) is 0 Å². The van der Waals surface area contributed by atoms with Gasteiger partial charge in [0, 0.05) is 82.1 Å². The first-order valence-electron chi connectivity index (χ1n) is 6.92. The first-order chi connectivity index (χ1) is 9.77. The van der Waals surface area contributed by atoms with Crippen LogP contribution in [-0.4, -0.2) is 15.2 Å². The molecule has 6 heteroatoms. The molecule has 0 N–H and O–H groups in total. The van der Waals surface area contributed by atoms with E-state index in [4.69, 9.17) is 0 Å². The fourth-order valence-electron chi connectivity index (χ4n) is 2.14. The summed E-state index contributed by atoms with van der Waals surface area (Å²) in [7, 11) is 0. The van der Waals surface area contributed by atoms with E-state index < -0.39 is 0 Å². The summed E-state index contributed by atoms with van der Waals surface area (Å²) in [6.45, 7) is 10.0. The molecule has 1 aliphatic rings. The smallest absolute Gasteiger partial charge is 0.180 e. The molecular weight excluding hydrogens is 567 g/mol. The van der Waals surface area contributed by atoms with E-state index in [0.717, 1.165) is 23.5 Å². The van der Waals surface area contributed by atoms with E-state index in [0.29, 0.717) is 6.42 Å². The second-order valence-electron chi connectivity index (χ2n) is 3.67. The van der Waals surface area contributed by atoms with Gasteiger partial charge in [-0.15, -0.1) is 0 Å². The van der Waals surface area contributed by atoms with Crippen LogP contribution in [0.4, 0.5) is 0 Å². The van der Waals surface area contributed by atoms with Crippen LogP contribution in [0.3, 0.4) is 0 Å². The molecule has 0 aliphatic carbocycles. The molecule has 0 fully saturated rings. The minimum absolute atomic E-state index is 0. The second kappa shape index (κ2) is 13.4. The Labute approximate surface area is 176 Å². The van der Waals surface area contributed by atoms with Crippen LogP contribution in [0.5, 0.6) is 0 Å². The number of aromatic nitrogens is 2. The predicted octanol–water partition coefficient (Wildman–Crippen LogP) is 5.59. The maximum Gasteiger partial charge on any atom is 0.180 e. The van der Waals surface area contributed by atoms with E-state index >= 15 is 0 Å². The number of carbonyl (C=O) groups excluding carboxylic acids is 1. The molecule has 3 heterocycles. The Morgan fingerprint density at radius 1 is 1.10 bits per heavy atom. The van der Waals surface area contributed by atoms with Gasteiger partial charge in [-0.05, 0) is 25.5 Å². The number of halogens is 2. The van der Waals surface area contributed by atoms with Crippen LogP contribution in [0.2, 0.25) is 0 Å². The molecule has 0 aromatic carbocycles. The van der Waals surface area contributed by atoms with Gasteiger partial charge in [0.05, 0.1) is 11.4 Å². The molecule has 1 radical (unpaired) electrons. The molecule has 2 aromatic heterocycles. The summed E-state index contributed by atoms with van der Waals surface area (Å²) in [5, 5.41) is 0. The van der Waals surface area contributed by atoms with Crippen molar-refractivity contribution < 1.29 is 37.5 Å². The molecule has 0 amide bonds. The van der Waals surface area contributed by atoms with Crippen LogP contribution >= 0.6 is 37.2 Å². The largest absolute Gasteiger partial charge is 0.293 e. The summed E-state index contributed by atoms with van der Waals surface area (Å²) in [5.74, 6) is 0.223. The molecule has 0 atom stereocenters. The van der Waals surface area contributed by atoms with Crippen molar-refractivity contribution in [2.75, 3.05) is 0 Å². The Bertz CT molecular complexity index is 556. The predicted molar refractivity (Wildman–Crippen MR) is 103 cm³/mol. The Hall–Kier alpha value is 0.924. The zero-order valence-electron chi connectivity index (χ0n) is 13.3. The number of ketones is 1. The van der Waals surface area contributed by atoms with E-state index in [1.165, 1.54) is 5.69 Å². The molecule has 1 aliphatic heterocycles. The summed E-state index contributed by atoms with van der Waals surface area (Å²) >= 11 is 4.24. The Kier molecular flexibility index (Phi) is 15.4. The molecule has 0 unspecified atom stereocenters. The van der Waals surface area contributed by atoms with Crippen LogP contribution < -0.4 is 0 Å². The van der Waals surface area contributed by atoms with Crippen molar-refractivity contribution in [3.8, 4) is 0 Å². The standard InChI is InChI=1S/C11H10N2O.2C2H6.I2.Y/c1-7-8-5-6-10(14)9-3-2-4-11(12-7)13(8)9;3*1-2;/h2-4H,5-6H2,1H3;2*1-2H3;;. The van der Waals surface area contributed by atoms with Gasteiger partial charge in [-0.1, -0.05) is 33.8 Å². The fraction of sp³-hybridized carbons (Fsp3) is 0.467. The number of aryl methyl sites for hydroxylation is 2. The van der Waals surface area contributed by atoms with E-state index in [-0.39, 0.29) is 38.5 Å². The van der Waals surface area contributed by atoms with Crippen LogP contribution in [0.15, 0.2) is 18.2 Å². The first kappa shape index (κ1) is 24.2. The van der Waals surface area contributed by atoms with E-state index in [2.05, 4.69) is 42.2 Å². The number of hydrogen-bond acceptors (Lipinski definition) is 2. The van der Waals surface area contributed by atoms with Crippen molar-refractivity contribution in [1.29, 1.82) is 0 Å². The number of Topliss-reactive ketones (excluding diaryl/α,β-unsaturated/α-hetero) is 1. The number of rotatable bonds is 0. The summed E-state index contributed by atoms with van der Waals surface area (Å²) in [5.41, 5.74) is 3.91. The molecule has 115 valence electrons. The molecule has 0 saturated heterocycles. The summed E-state index contributed by atoms with van der Waals surface area (Å²) < 4.78 is 1.99. The topological polar surface area (TPSA) is 34.4 Å². The fourth-order valence-corrected chi connectivity index (χ4v) is 2.14. The van der Waals surface area contributed by atoms with Crippen LogP contribution in [0.1, 0.15) is 56.0 Å². The Balaban J connectivity index is 0. The zero-order chi connectivity index (χ0) is 15.7. The van der Waals surface area contributed by atoms with Gasteiger partial charge in [-0.2, -0.15) is 0 Å². The first-order valence-corrected chi connectivity index (χ1v) is 13.2. The molecule has 0 saturated carbocycles. The quantitative estimate of drug-likeness (QED) is 0.376. The van der Waals surface area contributed by atoms with Crippen molar-refractivity contribution in [3.05, 3.63) is 35.3 Å². The summed E-state index contributed by atoms with van der Waals surface area (Å²) in [6.07, 6.45) is 1.44. The number of imidazole rings is 1. The maximum absolute atomic E-state index is 11.6. The number of hydrogen-bond donors (Lipinski definition) is 0. The van der Waals surface area contributed by atoms with Gasteiger partial charge in [-0.3, -0.25) is 9.20 Å². The van der Waals surface area contributed by atoms with Gasteiger partial charge < -0.3 is 0 Å². The van der Waals surface area contributed by atoms with Crippen LogP contribution in [-0.2, 0) is 39.1 Å². The Morgan fingerprint density at radius 2 is 1.67 bits per heavy atom. The SMILES string of the molecule is CC.CC.Cc1nc2cccc3n2c1CCC3=O.II.[Y]. The molecule has 3 nitrogen and oxygen atoms in total. The molecule has 0 spiro atoms. The van der Waals surface area contributed by atoms with Gasteiger partial charge in [-0.25, -0.2) is 4.98 Å². The third kappa shape index (κ3) is 5.81. The summed E-state index contributed by atoms with van der Waals surface area (Å²) in [4.78, 5) is 16.1. The van der Waals surface area contributed by atoms with E-state index in [1.54, 1.807) is 0 Å². The van der Waals surface area contributed by atoms with E-state index in [1.807, 2.05) is 57.2 Å². The van der Waals surface area contributed by atoms with Crippen LogP contribution in [0, 0.1) is 6.92 Å². The number of pyridine rings is 1. The monoisotopic (exact) mass is 589 g/mol. The van der Waals surface area contributed by atoms with Crippen LogP contribution in [0.25, 0.3) is 5.65 Å². The molecule has 3 rings (SSSR count). The zero-order valence-corrected chi connectivity index (χ0v) is 20.4. The minimum atomic E-state index is 0. The van der Waals surface area contributed by atoms with E-state index in [9.17, 15) is 4.79 Å². The van der Waals surface area contributed by atoms with Gasteiger partial charge in [0.2, 0.25) is 0 Å². The molecule has 0 bridgehead atoms. The Morgan fingerprint density at radius 3 is 2.24 bits per heavy atom. The number of carbonyl (C=O) groups is 1. The third-order valence-corrected chi connectivity index (χ3v) is 2.81. The summed E-state index contributed by atoms with van der Waals surface area (Å²) in [6, 6.07) is 5.71. The second-order valence-corrected chi connectivity index (χ2v) is 3.67. The van der Waals surface area contributed by atoms with Crippen molar-refractivity contribution in [2.45, 2.75) is 47.5 Å². The maximum atomic E-state index is 11.6. The number of nitrogens with zero attached hydrogens (tertiary/aromatic N) is 2. The molecule has 2 aromatic rings. The van der Waals surface area contributed by atoms with Gasteiger partial charge in [0.15, 0.2) is 5.78 Å². The average molecular weight is 589 g/mol. The average Bonchev–Trinajstić information content (AvgIpc) is 2.86. The van der Waals surface area contributed by atoms with Gasteiger partial charge in [0.1, 0.15) is 5.65 Å². The third-order valence-electron chi connectivity index (χ3n) is 2.81.